The van der Waals surface area contributed by atoms with Crippen LogP contribution >= 0.6 is 11.8 Å². The van der Waals surface area contributed by atoms with Gasteiger partial charge in [-0.1, -0.05) is 11.8 Å². The molecule has 0 amide bonds. The van der Waals surface area contributed by atoms with Gasteiger partial charge in [0.1, 0.15) is 5.03 Å². The number of nitrogens with zero attached hydrogens (tertiary/aromatic N) is 5. The number of fused-ring (bicyclic) bond motifs is 3. The molecule has 5 nitrogen and oxygen atoms in total. The maximum atomic E-state index is 4.65. The van der Waals surface area contributed by atoms with Crippen LogP contribution in [0, 0.1) is 0 Å². The lowest BCUT2D eigenvalue weighted by Crippen LogP contribution is -1.98. The van der Waals surface area contributed by atoms with Crippen LogP contribution in [0.4, 0.5) is 0 Å². The molecule has 1 aliphatic rings. The van der Waals surface area contributed by atoms with E-state index in [0.717, 1.165) is 17.1 Å². The predicted molar refractivity (Wildman–Crippen MR) is 73.1 cm³/mol. The Morgan fingerprint density at radius 1 is 1.26 bits per heavy atom. The molecule has 6 heteroatoms. The van der Waals surface area contributed by atoms with Crippen molar-refractivity contribution >= 4 is 11.8 Å². The van der Waals surface area contributed by atoms with Crippen LogP contribution in [0.15, 0.2) is 41.9 Å². The molecule has 0 unspecified atom stereocenters. The fourth-order valence-electron chi connectivity index (χ4n) is 2.28. The maximum Gasteiger partial charge on any atom is 0.102 e. The zero-order valence-corrected chi connectivity index (χ0v) is 11.1. The summed E-state index contributed by atoms with van der Waals surface area (Å²) in [7, 11) is 1.97. The zero-order valence-electron chi connectivity index (χ0n) is 10.3. The lowest BCUT2D eigenvalue weighted by molar-refractivity contribution is 0.699. The van der Waals surface area contributed by atoms with Gasteiger partial charge in [0.05, 0.1) is 23.8 Å². The summed E-state index contributed by atoms with van der Waals surface area (Å²) in [5, 5.41) is 10.2. The molecule has 0 saturated carbocycles. The average molecular weight is 269 g/mol. The molecule has 4 rings (SSSR count). The van der Waals surface area contributed by atoms with Crippen molar-refractivity contribution in [3.05, 3.63) is 42.6 Å². The molecule has 0 N–H and O–H groups in total. The first-order valence-electron chi connectivity index (χ1n) is 5.97. The Kier molecular flexibility index (Phi) is 2.25. The molecule has 0 fully saturated rings. The summed E-state index contributed by atoms with van der Waals surface area (Å²) in [5.74, 6) is 0.884. The minimum Gasteiger partial charge on any atom is -0.262 e. The van der Waals surface area contributed by atoms with Gasteiger partial charge in [0, 0.05) is 36.3 Å². The largest absolute Gasteiger partial charge is 0.262 e. The first-order chi connectivity index (χ1) is 9.33. The van der Waals surface area contributed by atoms with Crippen LogP contribution in [-0.4, -0.2) is 24.5 Å². The van der Waals surface area contributed by atoms with Crippen LogP contribution < -0.4 is 0 Å². The zero-order chi connectivity index (χ0) is 12.8. The van der Waals surface area contributed by atoms with Crippen molar-refractivity contribution in [2.45, 2.75) is 10.8 Å². The number of rotatable bonds is 1. The van der Waals surface area contributed by atoms with E-state index in [1.165, 1.54) is 16.2 Å². The molecule has 3 aromatic heterocycles. The third-order valence-corrected chi connectivity index (χ3v) is 4.40. The van der Waals surface area contributed by atoms with E-state index < -0.39 is 0 Å². The quantitative estimate of drug-likeness (QED) is 0.680. The van der Waals surface area contributed by atoms with Gasteiger partial charge >= 0.3 is 0 Å². The van der Waals surface area contributed by atoms with Gasteiger partial charge in [0.2, 0.25) is 0 Å². The minimum absolute atomic E-state index is 0.884. The molecule has 3 aromatic rings. The highest BCUT2D eigenvalue weighted by Gasteiger charge is 2.23. The number of aryl methyl sites for hydroxylation is 1. The monoisotopic (exact) mass is 269 g/mol. The van der Waals surface area contributed by atoms with Crippen molar-refractivity contribution in [1.29, 1.82) is 0 Å². The van der Waals surface area contributed by atoms with Gasteiger partial charge in [0.25, 0.3) is 0 Å². The minimum atomic E-state index is 0.884. The second-order valence-electron chi connectivity index (χ2n) is 4.42. The lowest BCUT2D eigenvalue weighted by Gasteiger charge is -2.10. The van der Waals surface area contributed by atoms with E-state index in [1.54, 1.807) is 18.0 Å². The molecule has 0 radical (unpaired) electrons. The SMILES string of the molecule is Cn1ncc2c1SCc1nn(-c3cccnc3)cc1-2. The summed E-state index contributed by atoms with van der Waals surface area (Å²) in [6.45, 7) is 0. The molecule has 19 heavy (non-hydrogen) atoms. The molecular weight excluding hydrogens is 258 g/mol. The predicted octanol–water partition coefficient (Wildman–Crippen LogP) is 2.27. The van der Waals surface area contributed by atoms with Crippen LogP contribution in [0.25, 0.3) is 16.8 Å². The number of hydrogen-bond acceptors (Lipinski definition) is 4. The van der Waals surface area contributed by atoms with Crippen molar-refractivity contribution < 1.29 is 0 Å². The molecule has 0 bridgehead atoms. The molecule has 0 saturated heterocycles. The van der Waals surface area contributed by atoms with E-state index in [-0.39, 0.29) is 0 Å². The summed E-state index contributed by atoms with van der Waals surface area (Å²) in [6, 6.07) is 3.92. The Morgan fingerprint density at radius 3 is 3.05 bits per heavy atom. The van der Waals surface area contributed by atoms with Gasteiger partial charge in [0.15, 0.2) is 0 Å². The summed E-state index contributed by atoms with van der Waals surface area (Å²) in [4.78, 5) is 4.13. The number of hydrogen-bond donors (Lipinski definition) is 0. The second kappa shape index (κ2) is 3.96. The van der Waals surface area contributed by atoms with Crippen molar-refractivity contribution in [2.24, 2.45) is 7.05 Å². The Bertz CT molecular complexity index is 744. The van der Waals surface area contributed by atoms with Crippen LogP contribution in [0.1, 0.15) is 5.69 Å². The first kappa shape index (κ1) is 10.8. The number of pyridine rings is 1. The Morgan fingerprint density at radius 2 is 2.21 bits per heavy atom. The summed E-state index contributed by atoms with van der Waals surface area (Å²) in [6.07, 6.45) is 7.56. The molecule has 94 valence electrons. The standard InChI is InChI=1S/C13H11N5S/c1-17-13-10(6-15-17)11-7-18(16-12(11)8-19-13)9-3-2-4-14-5-9/h2-7H,8H2,1H3. The smallest absolute Gasteiger partial charge is 0.102 e. The van der Waals surface area contributed by atoms with Gasteiger partial charge in [-0.2, -0.15) is 10.2 Å². The normalized spacial score (nSPS) is 13.1. The number of thioether (sulfide) groups is 1. The number of aromatic nitrogens is 5. The molecule has 0 aliphatic carbocycles. The molecular formula is C13H11N5S. The van der Waals surface area contributed by atoms with E-state index in [2.05, 4.69) is 21.4 Å². The topological polar surface area (TPSA) is 48.5 Å². The van der Waals surface area contributed by atoms with Gasteiger partial charge in [-0.25, -0.2) is 4.68 Å². The van der Waals surface area contributed by atoms with Gasteiger partial charge in [-0.05, 0) is 12.1 Å². The molecule has 0 aromatic carbocycles. The van der Waals surface area contributed by atoms with Crippen molar-refractivity contribution in [2.75, 3.05) is 0 Å². The van der Waals surface area contributed by atoms with Crippen molar-refractivity contribution in [1.82, 2.24) is 24.5 Å². The van der Waals surface area contributed by atoms with E-state index in [1.807, 2.05) is 40.9 Å². The highest BCUT2D eigenvalue weighted by Crippen LogP contribution is 2.40. The van der Waals surface area contributed by atoms with Gasteiger partial charge in [-0.3, -0.25) is 9.67 Å². The maximum absolute atomic E-state index is 4.65. The summed E-state index contributed by atoms with van der Waals surface area (Å²) >= 11 is 1.78. The molecule has 0 atom stereocenters. The van der Waals surface area contributed by atoms with E-state index in [0.29, 0.717) is 0 Å². The molecule has 0 spiro atoms. The van der Waals surface area contributed by atoms with Crippen LogP contribution in [-0.2, 0) is 12.8 Å². The third-order valence-electron chi connectivity index (χ3n) is 3.22. The third kappa shape index (κ3) is 1.60. The van der Waals surface area contributed by atoms with E-state index >= 15 is 0 Å². The van der Waals surface area contributed by atoms with Crippen molar-refractivity contribution in [3.8, 4) is 16.8 Å². The Labute approximate surface area is 114 Å². The average Bonchev–Trinajstić information content (AvgIpc) is 3.03. The van der Waals surface area contributed by atoms with Crippen molar-refractivity contribution in [3.63, 3.8) is 0 Å². The molecule has 4 heterocycles. The summed E-state index contributed by atoms with van der Waals surface area (Å²) < 4.78 is 3.81. The van der Waals surface area contributed by atoms with E-state index in [4.69, 9.17) is 0 Å². The Hall–Kier alpha value is -2.08. The summed E-state index contributed by atoms with van der Waals surface area (Å²) in [5.41, 5.74) is 4.43. The highest BCUT2D eigenvalue weighted by molar-refractivity contribution is 7.98. The lowest BCUT2D eigenvalue weighted by atomic mass is 10.1. The molecule has 1 aliphatic heterocycles. The van der Waals surface area contributed by atoms with Crippen LogP contribution in [0.5, 0.6) is 0 Å². The van der Waals surface area contributed by atoms with Crippen LogP contribution in [0.2, 0.25) is 0 Å². The highest BCUT2D eigenvalue weighted by atomic mass is 32.2. The fourth-order valence-corrected chi connectivity index (χ4v) is 3.32. The first-order valence-corrected chi connectivity index (χ1v) is 6.95. The van der Waals surface area contributed by atoms with Crippen LogP contribution in [0.3, 0.4) is 0 Å². The van der Waals surface area contributed by atoms with Gasteiger partial charge in [-0.15, -0.1) is 0 Å². The second-order valence-corrected chi connectivity index (χ2v) is 5.38. The van der Waals surface area contributed by atoms with Gasteiger partial charge < -0.3 is 0 Å². The van der Waals surface area contributed by atoms with E-state index in [9.17, 15) is 0 Å². The Balaban J connectivity index is 1.87. The fraction of sp³-hybridized carbons (Fsp3) is 0.154.